The van der Waals surface area contributed by atoms with Gasteiger partial charge in [0.25, 0.3) is 0 Å². The highest BCUT2D eigenvalue weighted by atomic mass is 32.2. The van der Waals surface area contributed by atoms with Crippen LogP contribution in [0.2, 0.25) is 0 Å². The highest BCUT2D eigenvalue weighted by Crippen LogP contribution is 2.68. The summed E-state index contributed by atoms with van der Waals surface area (Å²) < 4.78 is 85.4. The number of thioether (sulfide) groups is 1. The Hall–Kier alpha value is -2.69. The molecule has 0 radical (unpaired) electrons. The van der Waals surface area contributed by atoms with Gasteiger partial charge in [-0.25, -0.2) is 4.79 Å². The van der Waals surface area contributed by atoms with Gasteiger partial charge in [-0.2, -0.15) is 26.3 Å². The Bertz CT molecular complexity index is 1190. The molecule has 0 unspecified atom stereocenters. The first-order valence-corrected chi connectivity index (χ1v) is 13.1. The molecule has 1 amide bonds. The molecule has 4 aliphatic carbocycles. The second-order valence-corrected chi connectivity index (χ2v) is 12.1. The van der Waals surface area contributed by atoms with Crippen molar-refractivity contribution in [1.82, 2.24) is 5.32 Å². The molecule has 4 fully saturated rings. The summed E-state index contributed by atoms with van der Waals surface area (Å²) >= 11 is 1.52. The molecule has 4 aliphatic rings. The minimum atomic E-state index is -5.27. The predicted octanol–water partition coefficient (Wildman–Crippen LogP) is 6.62. The molecule has 0 aliphatic heterocycles. The molecule has 0 saturated heterocycles. The number of carbonyl (C=O) groups is 2. The van der Waals surface area contributed by atoms with Crippen LogP contribution in [0.25, 0.3) is 0 Å². The molecule has 11 heteroatoms. The SMILES string of the molecule is O=C(N[C@@H](c1ccccc1)[C@H]1[C@H]2C[C@@H]3C[C@](Sc4ccccc4)(C2)C[C@@]1(OC(=O)C(F)(F)F)C3)C(F)(F)F. The average molecular weight is 558 g/mol. The number of amides is 1. The molecule has 6 rings (SSSR count). The van der Waals surface area contributed by atoms with E-state index in [0.29, 0.717) is 24.8 Å². The van der Waals surface area contributed by atoms with Gasteiger partial charge in [0.15, 0.2) is 0 Å². The van der Waals surface area contributed by atoms with Crippen molar-refractivity contribution in [3.63, 3.8) is 0 Å². The Morgan fingerprint density at radius 1 is 0.895 bits per heavy atom. The molecular weight excluding hydrogens is 532 g/mol. The van der Waals surface area contributed by atoms with Crippen LogP contribution in [0.4, 0.5) is 26.3 Å². The van der Waals surface area contributed by atoms with Crippen molar-refractivity contribution in [3.8, 4) is 0 Å². The van der Waals surface area contributed by atoms with Gasteiger partial charge in [-0.05, 0) is 55.2 Å². The quantitative estimate of drug-likeness (QED) is 0.320. The van der Waals surface area contributed by atoms with E-state index >= 15 is 0 Å². The predicted molar refractivity (Wildman–Crippen MR) is 127 cm³/mol. The number of rotatable bonds is 6. The Kier molecular flexibility index (Phi) is 6.72. The van der Waals surface area contributed by atoms with Gasteiger partial charge < -0.3 is 10.1 Å². The standard InChI is InChI=1S/C27H25F6NO3S/c28-26(29,30)22(35)34-21(17-7-3-1-4-8-17)20-18-11-16-12-24(14-18,38-19-9-5-2-6-10-19)15-25(20,13-16)37-23(36)27(31,32)33/h1-10,16,18,20-21H,11-15H2,(H,34,35)/t16-,18+,20-,21+,24+,25+/m1/s1. The number of benzene rings is 2. The number of hydrogen-bond acceptors (Lipinski definition) is 4. The number of nitrogens with one attached hydrogen (secondary N) is 1. The lowest BCUT2D eigenvalue weighted by Gasteiger charge is -2.65. The van der Waals surface area contributed by atoms with Gasteiger partial charge in [0.1, 0.15) is 5.60 Å². The van der Waals surface area contributed by atoms with Crippen molar-refractivity contribution >= 4 is 23.6 Å². The van der Waals surface area contributed by atoms with Gasteiger partial charge in [-0.15, -0.1) is 11.8 Å². The fourth-order valence-corrected chi connectivity index (χ4v) is 8.86. The Balaban J connectivity index is 1.59. The lowest BCUT2D eigenvalue weighted by atomic mass is 9.47. The summed E-state index contributed by atoms with van der Waals surface area (Å²) in [6.45, 7) is 0. The lowest BCUT2D eigenvalue weighted by Crippen LogP contribution is -2.67. The van der Waals surface area contributed by atoms with Crippen LogP contribution in [-0.2, 0) is 14.3 Å². The topological polar surface area (TPSA) is 55.4 Å². The van der Waals surface area contributed by atoms with Crippen LogP contribution < -0.4 is 5.32 Å². The summed E-state index contributed by atoms with van der Waals surface area (Å²) in [5.74, 6) is -5.95. The molecular formula is C27H25F6NO3S. The van der Waals surface area contributed by atoms with Gasteiger partial charge in [-0.1, -0.05) is 48.5 Å². The summed E-state index contributed by atoms with van der Waals surface area (Å²) in [6.07, 6.45) is -8.54. The summed E-state index contributed by atoms with van der Waals surface area (Å²) in [7, 11) is 0. The van der Waals surface area contributed by atoms with Crippen LogP contribution in [-0.4, -0.2) is 34.6 Å². The lowest BCUT2D eigenvalue weighted by molar-refractivity contribution is -0.244. The van der Waals surface area contributed by atoms with Crippen LogP contribution in [0.1, 0.15) is 43.7 Å². The van der Waals surface area contributed by atoms with E-state index in [1.165, 1.54) is 23.9 Å². The van der Waals surface area contributed by atoms with Crippen LogP contribution in [0, 0.1) is 17.8 Å². The van der Waals surface area contributed by atoms with E-state index in [0.717, 1.165) is 4.90 Å². The Morgan fingerprint density at radius 2 is 1.53 bits per heavy atom. The number of hydrogen-bond donors (Lipinski definition) is 1. The van der Waals surface area contributed by atoms with Gasteiger partial charge in [0, 0.05) is 22.0 Å². The van der Waals surface area contributed by atoms with E-state index in [2.05, 4.69) is 5.32 Å². The summed E-state index contributed by atoms with van der Waals surface area (Å²) in [6, 6.07) is 15.9. The zero-order chi connectivity index (χ0) is 27.3. The van der Waals surface area contributed by atoms with Crippen molar-refractivity contribution in [2.45, 2.75) is 65.7 Å². The average Bonchev–Trinajstić information content (AvgIpc) is 2.82. The van der Waals surface area contributed by atoms with E-state index in [1.807, 2.05) is 30.3 Å². The maximum atomic E-state index is 13.5. The second-order valence-electron chi connectivity index (χ2n) is 10.6. The molecule has 38 heavy (non-hydrogen) atoms. The number of ether oxygens (including phenoxy) is 1. The van der Waals surface area contributed by atoms with E-state index in [4.69, 9.17) is 4.74 Å². The van der Waals surface area contributed by atoms with Crippen molar-refractivity contribution < 1.29 is 40.7 Å². The minimum absolute atomic E-state index is 0.0459. The third kappa shape index (κ3) is 5.13. The molecule has 0 spiro atoms. The van der Waals surface area contributed by atoms with Gasteiger partial charge >= 0.3 is 24.2 Å². The van der Waals surface area contributed by atoms with Gasteiger partial charge in [0.2, 0.25) is 0 Å². The molecule has 1 N–H and O–H groups in total. The van der Waals surface area contributed by atoms with Crippen LogP contribution in [0.15, 0.2) is 65.6 Å². The van der Waals surface area contributed by atoms with E-state index < -0.39 is 46.5 Å². The molecule has 0 heterocycles. The molecule has 2 aromatic rings. The third-order valence-corrected chi connectivity index (χ3v) is 9.39. The van der Waals surface area contributed by atoms with E-state index in [-0.39, 0.29) is 24.7 Å². The first-order valence-electron chi connectivity index (χ1n) is 12.3. The molecule has 6 atom stereocenters. The monoisotopic (exact) mass is 557 g/mol. The maximum absolute atomic E-state index is 13.5. The number of alkyl halides is 6. The molecule has 204 valence electrons. The van der Waals surface area contributed by atoms with Crippen LogP contribution in [0.5, 0.6) is 0 Å². The van der Waals surface area contributed by atoms with Crippen molar-refractivity contribution in [3.05, 3.63) is 66.2 Å². The highest BCUT2D eigenvalue weighted by Gasteiger charge is 2.67. The zero-order valence-electron chi connectivity index (χ0n) is 20.0. The smallest absolute Gasteiger partial charge is 0.452 e. The normalized spacial score (nSPS) is 31.1. The Labute approximate surface area is 219 Å². The molecule has 4 bridgehead atoms. The number of halogens is 6. The van der Waals surface area contributed by atoms with Crippen LogP contribution >= 0.6 is 11.8 Å². The number of esters is 1. The third-order valence-electron chi connectivity index (χ3n) is 7.97. The van der Waals surface area contributed by atoms with Crippen molar-refractivity contribution in [1.29, 1.82) is 0 Å². The summed E-state index contributed by atoms with van der Waals surface area (Å²) in [5.41, 5.74) is -1.38. The fraction of sp³-hybridized carbons (Fsp3) is 0.481. The largest absolute Gasteiger partial charge is 0.490 e. The number of carbonyl (C=O) groups excluding carboxylic acids is 2. The van der Waals surface area contributed by atoms with E-state index in [1.54, 1.807) is 18.2 Å². The summed E-state index contributed by atoms with van der Waals surface area (Å²) in [5, 5.41) is 2.06. The second kappa shape index (κ2) is 9.50. The molecule has 2 aromatic carbocycles. The van der Waals surface area contributed by atoms with Gasteiger partial charge in [-0.3, -0.25) is 4.79 Å². The molecule has 0 aromatic heterocycles. The van der Waals surface area contributed by atoms with E-state index in [9.17, 15) is 35.9 Å². The first kappa shape index (κ1) is 26.9. The van der Waals surface area contributed by atoms with Crippen molar-refractivity contribution in [2.24, 2.45) is 17.8 Å². The van der Waals surface area contributed by atoms with Crippen LogP contribution in [0.3, 0.4) is 0 Å². The summed E-state index contributed by atoms with van der Waals surface area (Å²) in [4.78, 5) is 25.3. The minimum Gasteiger partial charge on any atom is -0.452 e. The molecule has 4 nitrogen and oxygen atoms in total. The fourth-order valence-electron chi connectivity index (χ4n) is 7.13. The van der Waals surface area contributed by atoms with Gasteiger partial charge in [0.05, 0.1) is 6.04 Å². The zero-order valence-corrected chi connectivity index (χ0v) is 20.8. The molecule has 4 saturated carbocycles. The van der Waals surface area contributed by atoms with Crippen molar-refractivity contribution in [2.75, 3.05) is 0 Å². The highest BCUT2D eigenvalue weighted by molar-refractivity contribution is 8.00. The Morgan fingerprint density at radius 3 is 2.13 bits per heavy atom. The first-order chi connectivity index (χ1) is 17.8. The maximum Gasteiger partial charge on any atom is 0.490 e.